The lowest BCUT2D eigenvalue weighted by Gasteiger charge is -2.12. The Morgan fingerprint density at radius 3 is 2.50 bits per heavy atom. The molecule has 0 aliphatic heterocycles. The molecular weight excluding hydrogens is 388 g/mol. The highest BCUT2D eigenvalue weighted by atomic mass is 16.5. The zero-order valence-corrected chi connectivity index (χ0v) is 16.9. The van der Waals surface area contributed by atoms with Gasteiger partial charge in [0.15, 0.2) is 11.5 Å². The number of aromatic nitrogens is 2. The molecule has 2 aromatic carbocycles. The van der Waals surface area contributed by atoms with Crippen LogP contribution in [0.3, 0.4) is 0 Å². The number of rotatable bonds is 8. The molecule has 0 saturated heterocycles. The van der Waals surface area contributed by atoms with Crippen LogP contribution in [0, 0.1) is 0 Å². The Kier molecular flexibility index (Phi) is 6.63. The number of nitrogens with zero attached hydrogens (tertiary/aromatic N) is 2. The van der Waals surface area contributed by atoms with Crippen LogP contribution in [0.1, 0.15) is 17.7 Å². The highest BCUT2D eigenvalue weighted by Gasteiger charge is 2.12. The zero-order valence-electron chi connectivity index (χ0n) is 16.9. The number of para-hydroxylation sites is 2. The molecule has 3 rings (SSSR count). The molecule has 0 bridgehead atoms. The van der Waals surface area contributed by atoms with Crippen LogP contribution in [0.2, 0.25) is 0 Å². The Hall–Kier alpha value is -3.88. The zero-order chi connectivity index (χ0) is 21.5. The number of carbonyl (C=O) groups excluding carboxylic acids is 1. The molecular formula is C21H22N4O5. The Balaban J connectivity index is 1.63. The molecule has 156 valence electrons. The van der Waals surface area contributed by atoms with Crippen molar-refractivity contribution >= 4 is 23.2 Å². The fourth-order valence-corrected chi connectivity index (χ4v) is 2.88. The van der Waals surface area contributed by atoms with Crippen LogP contribution in [0.5, 0.6) is 17.2 Å². The van der Waals surface area contributed by atoms with Crippen molar-refractivity contribution in [3.63, 3.8) is 0 Å². The van der Waals surface area contributed by atoms with Crippen molar-refractivity contribution in [3.05, 3.63) is 58.0 Å². The number of nitrogens with one attached hydrogen (secondary N) is 2. The average molecular weight is 410 g/mol. The Morgan fingerprint density at radius 1 is 1.13 bits per heavy atom. The SMILES string of the molecule is COc1cc(/C=N\NC(=O)CCc2nc3ccccc3[nH]c2=O)cc(OC)c1OC. The van der Waals surface area contributed by atoms with Gasteiger partial charge in [0.2, 0.25) is 11.7 Å². The van der Waals surface area contributed by atoms with Gasteiger partial charge < -0.3 is 19.2 Å². The number of benzene rings is 2. The van der Waals surface area contributed by atoms with Crippen LogP contribution in [0.25, 0.3) is 11.0 Å². The number of amides is 1. The van der Waals surface area contributed by atoms with Crippen molar-refractivity contribution in [2.24, 2.45) is 5.10 Å². The molecule has 0 atom stereocenters. The first-order chi connectivity index (χ1) is 14.5. The minimum absolute atomic E-state index is 0.0705. The average Bonchev–Trinajstić information content (AvgIpc) is 2.76. The quantitative estimate of drug-likeness (QED) is 0.434. The lowest BCUT2D eigenvalue weighted by atomic mass is 10.2. The monoisotopic (exact) mass is 410 g/mol. The topological polar surface area (TPSA) is 115 Å². The lowest BCUT2D eigenvalue weighted by Crippen LogP contribution is -2.21. The highest BCUT2D eigenvalue weighted by Crippen LogP contribution is 2.37. The molecule has 30 heavy (non-hydrogen) atoms. The van der Waals surface area contributed by atoms with Crippen molar-refractivity contribution in [1.29, 1.82) is 0 Å². The number of H-pyrrole nitrogens is 1. The van der Waals surface area contributed by atoms with Crippen molar-refractivity contribution < 1.29 is 19.0 Å². The molecule has 3 aromatic rings. The summed E-state index contributed by atoms with van der Waals surface area (Å²) >= 11 is 0. The molecule has 1 amide bonds. The molecule has 0 spiro atoms. The van der Waals surface area contributed by atoms with Crippen LogP contribution in [-0.2, 0) is 11.2 Å². The second-order valence-electron chi connectivity index (χ2n) is 6.28. The summed E-state index contributed by atoms with van der Waals surface area (Å²) in [5.74, 6) is 1.08. The molecule has 9 nitrogen and oxygen atoms in total. The predicted molar refractivity (Wildman–Crippen MR) is 113 cm³/mol. The largest absolute Gasteiger partial charge is 0.493 e. The number of hydrazone groups is 1. The normalized spacial score (nSPS) is 10.9. The number of methoxy groups -OCH3 is 3. The van der Waals surface area contributed by atoms with E-state index in [9.17, 15) is 9.59 Å². The number of carbonyl (C=O) groups is 1. The minimum atomic E-state index is -0.340. The van der Waals surface area contributed by atoms with Crippen LogP contribution >= 0.6 is 0 Å². The van der Waals surface area contributed by atoms with E-state index in [1.165, 1.54) is 27.5 Å². The molecule has 9 heteroatoms. The number of aromatic amines is 1. The summed E-state index contributed by atoms with van der Waals surface area (Å²) in [7, 11) is 4.55. The van der Waals surface area contributed by atoms with Gasteiger partial charge in [-0.1, -0.05) is 12.1 Å². The van der Waals surface area contributed by atoms with Gasteiger partial charge in [-0.2, -0.15) is 5.10 Å². The minimum Gasteiger partial charge on any atom is -0.493 e. The van der Waals surface area contributed by atoms with Gasteiger partial charge in [0.05, 0.1) is 38.6 Å². The van der Waals surface area contributed by atoms with Crippen molar-refractivity contribution in [2.45, 2.75) is 12.8 Å². The third-order valence-corrected chi connectivity index (χ3v) is 4.35. The van der Waals surface area contributed by atoms with Gasteiger partial charge in [-0.15, -0.1) is 0 Å². The molecule has 1 heterocycles. The Labute approximate surface area is 172 Å². The second-order valence-corrected chi connectivity index (χ2v) is 6.28. The summed E-state index contributed by atoms with van der Waals surface area (Å²) in [6.07, 6.45) is 1.73. The van der Waals surface area contributed by atoms with Gasteiger partial charge in [-0.3, -0.25) is 9.59 Å². The standard InChI is InChI=1S/C21H22N4O5/c1-28-17-10-13(11-18(29-2)20(17)30-3)12-22-25-19(26)9-8-16-21(27)24-15-7-5-4-6-14(15)23-16/h4-7,10-12H,8-9H2,1-3H3,(H,24,27)(H,25,26)/b22-12-. The summed E-state index contributed by atoms with van der Waals surface area (Å²) in [6, 6.07) is 10.6. The predicted octanol–water partition coefficient (Wildman–Crippen LogP) is 2.03. The van der Waals surface area contributed by atoms with E-state index < -0.39 is 0 Å². The smallest absolute Gasteiger partial charge is 0.270 e. The lowest BCUT2D eigenvalue weighted by molar-refractivity contribution is -0.121. The first kappa shape index (κ1) is 20.8. The van der Waals surface area contributed by atoms with Crippen molar-refractivity contribution in [1.82, 2.24) is 15.4 Å². The van der Waals surface area contributed by atoms with Gasteiger partial charge in [0, 0.05) is 18.4 Å². The number of aryl methyl sites for hydroxylation is 1. The Bertz CT molecular complexity index is 1110. The first-order valence-corrected chi connectivity index (χ1v) is 9.15. The number of hydrogen-bond donors (Lipinski definition) is 2. The van der Waals surface area contributed by atoms with Crippen molar-refractivity contribution in [2.75, 3.05) is 21.3 Å². The second kappa shape index (κ2) is 9.55. The molecule has 0 unspecified atom stereocenters. The summed E-state index contributed by atoms with van der Waals surface area (Å²) in [5.41, 5.74) is 4.42. The summed E-state index contributed by atoms with van der Waals surface area (Å²) in [5, 5.41) is 3.95. The molecule has 0 saturated carbocycles. The van der Waals surface area contributed by atoms with E-state index in [0.29, 0.717) is 39.5 Å². The number of fused-ring (bicyclic) bond motifs is 1. The summed E-state index contributed by atoms with van der Waals surface area (Å²) < 4.78 is 15.8. The number of hydrogen-bond acceptors (Lipinski definition) is 7. The third-order valence-electron chi connectivity index (χ3n) is 4.35. The molecule has 0 radical (unpaired) electrons. The van der Waals surface area contributed by atoms with Crippen LogP contribution in [0.4, 0.5) is 0 Å². The van der Waals surface area contributed by atoms with Crippen LogP contribution in [-0.4, -0.2) is 43.4 Å². The maximum Gasteiger partial charge on any atom is 0.270 e. The van der Waals surface area contributed by atoms with E-state index in [4.69, 9.17) is 14.2 Å². The molecule has 0 aliphatic carbocycles. The third kappa shape index (κ3) is 4.75. The van der Waals surface area contributed by atoms with Crippen LogP contribution < -0.4 is 25.2 Å². The highest BCUT2D eigenvalue weighted by molar-refractivity contribution is 5.84. The number of ether oxygens (including phenoxy) is 3. The van der Waals surface area contributed by atoms with Gasteiger partial charge in [-0.05, 0) is 24.3 Å². The van der Waals surface area contributed by atoms with Gasteiger partial charge in [0.1, 0.15) is 5.69 Å². The molecule has 0 aliphatic rings. The van der Waals surface area contributed by atoms with Gasteiger partial charge in [-0.25, -0.2) is 10.4 Å². The van der Waals surface area contributed by atoms with E-state index in [1.54, 1.807) is 24.3 Å². The van der Waals surface area contributed by atoms with Gasteiger partial charge >= 0.3 is 0 Å². The van der Waals surface area contributed by atoms with E-state index in [0.717, 1.165) is 0 Å². The van der Waals surface area contributed by atoms with Gasteiger partial charge in [0.25, 0.3) is 5.56 Å². The van der Waals surface area contributed by atoms with E-state index in [2.05, 4.69) is 20.5 Å². The van der Waals surface area contributed by atoms with Crippen LogP contribution in [0.15, 0.2) is 46.3 Å². The fourth-order valence-electron chi connectivity index (χ4n) is 2.88. The molecule has 1 aromatic heterocycles. The summed E-state index contributed by atoms with van der Waals surface area (Å²) in [6.45, 7) is 0. The van der Waals surface area contributed by atoms with Crippen molar-refractivity contribution in [3.8, 4) is 17.2 Å². The summed E-state index contributed by atoms with van der Waals surface area (Å²) in [4.78, 5) is 31.3. The first-order valence-electron chi connectivity index (χ1n) is 9.15. The fraction of sp³-hybridized carbons (Fsp3) is 0.238. The van der Waals surface area contributed by atoms with E-state index in [1.807, 2.05) is 12.1 Å². The van der Waals surface area contributed by atoms with E-state index >= 15 is 0 Å². The maximum atomic E-state index is 12.1. The maximum absolute atomic E-state index is 12.1. The molecule has 0 fully saturated rings. The molecule has 2 N–H and O–H groups in total. The van der Waals surface area contributed by atoms with E-state index in [-0.39, 0.29) is 24.3 Å². The Morgan fingerprint density at radius 2 is 1.83 bits per heavy atom.